The first-order valence-electron chi connectivity index (χ1n) is 9.08. The number of nitrogens with one attached hydrogen (secondary N) is 1. The highest BCUT2D eigenvalue weighted by Crippen LogP contribution is 2.30. The summed E-state index contributed by atoms with van der Waals surface area (Å²) in [6.07, 6.45) is 4.99. The Labute approximate surface area is 167 Å². The van der Waals surface area contributed by atoms with Crippen molar-refractivity contribution in [1.82, 2.24) is 10.2 Å². The van der Waals surface area contributed by atoms with E-state index in [-0.39, 0.29) is 5.91 Å². The van der Waals surface area contributed by atoms with Crippen molar-refractivity contribution in [2.75, 3.05) is 13.1 Å². The average molecular weight is 401 g/mol. The van der Waals surface area contributed by atoms with E-state index >= 15 is 0 Å². The van der Waals surface area contributed by atoms with E-state index in [4.69, 9.17) is 16.0 Å². The maximum atomic E-state index is 12.3. The van der Waals surface area contributed by atoms with Crippen LogP contribution in [-0.4, -0.2) is 29.9 Å². The van der Waals surface area contributed by atoms with E-state index < -0.39 is 0 Å². The Balaban J connectivity index is 1.27. The number of piperidine rings is 1. The molecule has 4 nitrogen and oxygen atoms in total. The number of carbonyl (C=O) groups excluding carboxylic acids is 1. The van der Waals surface area contributed by atoms with Crippen molar-refractivity contribution in [2.24, 2.45) is 0 Å². The summed E-state index contributed by atoms with van der Waals surface area (Å²) in [6, 6.07) is 14.4. The number of hydrogen-bond donors (Lipinski definition) is 1. The molecule has 1 aromatic carbocycles. The number of furan rings is 1. The van der Waals surface area contributed by atoms with E-state index in [1.807, 2.05) is 23.1 Å². The van der Waals surface area contributed by atoms with Gasteiger partial charge in [-0.1, -0.05) is 23.7 Å². The number of carbonyl (C=O) groups is 1. The van der Waals surface area contributed by atoms with Crippen LogP contribution in [0.25, 0.3) is 10.4 Å². The molecule has 0 unspecified atom stereocenters. The van der Waals surface area contributed by atoms with Crippen LogP contribution in [0.15, 0.2) is 59.4 Å². The van der Waals surface area contributed by atoms with Gasteiger partial charge >= 0.3 is 0 Å². The highest BCUT2D eigenvalue weighted by Gasteiger charge is 2.23. The van der Waals surface area contributed by atoms with Crippen LogP contribution >= 0.6 is 22.9 Å². The predicted octanol–water partition coefficient (Wildman–Crippen LogP) is 5.06. The first-order chi connectivity index (χ1) is 13.2. The van der Waals surface area contributed by atoms with Gasteiger partial charge in [0, 0.05) is 40.5 Å². The van der Waals surface area contributed by atoms with Gasteiger partial charge in [-0.15, -0.1) is 11.3 Å². The molecule has 1 N–H and O–H groups in total. The third-order valence-electron chi connectivity index (χ3n) is 4.89. The van der Waals surface area contributed by atoms with Crippen molar-refractivity contribution in [1.29, 1.82) is 0 Å². The van der Waals surface area contributed by atoms with E-state index in [1.165, 1.54) is 16.0 Å². The number of halogens is 1. The van der Waals surface area contributed by atoms with Crippen molar-refractivity contribution in [3.8, 4) is 10.4 Å². The van der Waals surface area contributed by atoms with Crippen LogP contribution in [0, 0.1) is 0 Å². The summed E-state index contributed by atoms with van der Waals surface area (Å²) in [5.74, 6) is 0.0617. The lowest BCUT2D eigenvalue weighted by Gasteiger charge is -2.32. The van der Waals surface area contributed by atoms with Gasteiger partial charge in [-0.2, -0.15) is 0 Å². The van der Waals surface area contributed by atoms with Gasteiger partial charge in [0.1, 0.15) is 6.26 Å². The summed E-state index contributed by atoms with van der Waals surface area (Å²) in [4.78, 5) is 16.8. The molecule has 4 rings (SSSR count). The molecular formula is C21H21ClN2O2S. The van der Waals surface area contributed by atoms with Gasteiger partial charge in [-0.3, -0.25) is 4.79 Å². The second kappa shape index (κ2) is 8.30. The zero-order valence-corrected chi connectivity index (χ0v) is 16.4. The normalized spacial score (nSPS) is 15.2. The molecular weight excluding hydrogens is 380 g/mol. The molecule has 0 spiro atoms. The molecule has 1 aliphatic heterocycles. The molecule has 0 aliphatic carbocycles. The van der Waals surface area contributed by atoms with Gasteiger partial charge in [-0.25, -0.2) is 0 Å². The van der Waals surface area contributed by atoms with E-state index in [0.29, 0.717) is 11.6 Å². The van der Waals surface area contributed by atoms with Crippen molar-refractivity contribution < 1.29 is 9.21 Å². The van der Waals surface area contributed by atoms with Gasteiger partial charge in [0.25, 0.3) is 5.91 Å². The Bertz CT molecular complexity index is 899. The maximum absolute atomic E-state index is 12.3. The SMILES string of the molecule is O=C(c1ccoc1)N1CCC(NCc2ccc(-c3cccc(Cl)c3)s2)CC1. The first-order valence-corrected chi connectivity index (χ1v) is 10.3. The molecule has 1 fully saturated rings. The van der Waals surface area contributed by atoms with Crippen LogP contribution in [0.3, 0.4) is 0 Å². The number of benzene rings is 1. The zero-order chi connectivity index (χ0) is 18.6. The third-order valence-corrected chi connectivity index (χ3v) is 6.26. The van der Waals surface area contributed by atoms with Crippen LogP contribution < -0.4 is 5.32 Å². The fraction of sp³-hybridized carbons (Fsp3) is 0.286. The minimum absolute atomic E-state index is 0.0617. The molecule has 1 aliphatic rings. The van der Waals surface area contributed by atoms with Crippen molar-refractivity contribution >= 4 is 28.8 Å². The number of amides is 1. The molecule has 0 radical (unpaired) electrons. The Morgan fingerprint density at radius 2 is 2.07 bits per heavy atom. The second-order valence-corrected chi connectivity index (χ2v) is 8.34. The quantitative estimate of drug-likeness (QED) is 0.651. The summed E-state index contributed by atoms with van der Waals surface area (Å²) in [6.45, 7) is 2.41. The highest BCUT2D eigenvalue weighted by molar-refractivity contribution is 7.15. The lowest BCUT2D eigenvalue weighted by atomic mass is 10.0. The number of nitrogens with zero attached hydrogens (tertiary/aromatic N) is 1. The summed E-state index contributed by atoms with van der Waals surface area (Å²) in [5.41, 5.74) is 1.79. The predicted molar refractivity (Wildman–Crippen MR) is 109 cm³/mol. The molecule has 1 amide bonds. The topological polar surface area (TPSA) is 45.5 Å². The minimum atomic E-state index is 0.0617. The fourth-order valence-corrected chi connectivity index (χ4v) is 4.52. The van der Waals surface area contributed by atoms with E-state index in [0.717, 1.165) is 43.1 Å². The van der Waals surface area contributed by atoms with Crippen molar-refractivity contribution in [3.63, 3.8) is 0 Å². The average Bonchev–Trinajstić information content (AvgIpc) is 3.38. The zero-order valence-electron chi connectivity index (χ0n) is 14.9. The van der Waals surface area contributed by atoms with E-state index in [2.05, 4.69) is 23.5 Å². The lowest BCUT2D eigenvalue weighted by Crippen LogP contribution is -2.44. The molecule has 0 bridgehead atoms. The Kier molecular flexibility index (Phi) is 5.62. The van der Waals surface area contributed by atoms with Gasteiger partial charge in [-0.05, 0) is 48.7 Å². The maximum Gasteiger partial charge on any atom is 0.257 e. The molecule has 27 heavy (non-hydrogen) atoms. The standard InChI is InChI=1S/C21H21ClN2O2S/c22-17-3-1-2-15(12-17)20-5-4-19(27-20)13-23-18-6-9-24(10-7-18)21(25)16-8-11-26-14-16/h1-5,8,11-12,14,18,23H,6-7,9-10,13H2. The first kappa shape index (κ1) is 18.3. The van der Waals surface area contributed by atoms with Gasteiger partial charge in [0.05, 0.1) is 11.8 Å². The monoisotopic (exact) mass is 400 g/mol. The molecule has 3 aromatic rings. The lowest BCUT2D eigenvalue weighted by molar-refractivity contribution is 0.0704. The minimum Gasteiger partial charge on any atom is -0.472 e. The largest absolute Gasteiger partial charge is 0.472 e. The number of hydrogen-bond acceptors (Lipinski definition) is 4. The van der Waals surface area contributed by atoms with Crippen LogP contribution in [0.2, 0.25) is 5.02 Å². The Morgan fingerprint density at radius 3 is 2.81 bits per heavy atom. The van der Waals surface area contributed by atoms with Crippen molar-refractivity contribution in [2.45, 2.75) is 25.4 Å². The second-order valence-electron chi connectivity index (χ2n) is 6.74. The summed E-state index contributed by atoms with van der Waals surface area (Å²) in [5, 5.41) is 4.40. The van der Waals surface area contributed by atoms with Gasteiger partial charge in [0.15, 0.2) is 0 Å². The van der Waals surface area contributed by atoms with Gasteiger partial charge < -0.3 is 14.6 Å². The summed E-state index contributed by atoms with van der Waals surface area (Å²) in [7, 11) is 0. The van der Waals surface area contributed by atoms with Crippen molar-refractivity contribution in [3.05, 3.63) is 70.5 Å². The summed E-state index contributed by atoms with van der Waals surface area (Å²) >= 11 is 7.88. The summed E-state index contributed by atoms with van der Waals surface area (Å²) < 4.78 is 5.01. The van der Waals surface area contributed by atoms with Gasteiger partial charge in [0.2, 0.25) is 0 Å². The van der Waals surface area contributed by atoms with Crippen LogP contribution in [-0.2, 0) is 6.54 Å². The van der Waals surface area contributed by atoms with Crippen LogP contribution in [0.4, 0.5) is 0 Å². The Hall–Kier alpha value is -2.08. The number of thiophene rings is 1. The molecule has 0 saturated carbocycles. The molecule has 2 aromatic heterocycles. The molecule has 3 heterocycles. The fourth-order valence-electron chi connectivity index (χ4n) is 3.37. The molecule has 0 atom stereocenters. The van der Waals surface area contributed by atoms with Crippen LogP contribution in [0.5, 0.6) is 0 Å². The number of likely N-dealkylation sites (tertiary alicyclic amines) is 1. The molecule has 1 saturated heterocycles. The van der Waals surface area contributed by atoms with E-state index in [1.54, 1.807) is 23.7 Å². The smallest absolute Gasteiger partial charge is 0.257 e. The third kappa shape index (κ3) is 4.43. The van der Waals surface area contributed by atoms with Crippen LogP contribution in [0.1, 0.15) is 28.1 Å². The molecule has 140 valence electrons. The number of rotatable bonds is 5. The Morgan fingerprint density at radius 1 is 1.22 bits per heavy atom. The highest BCUT2D eigenvalue weighted by atomic mass is 35.5. The molecule has 6 heteroatoms. The van der Waals surface area contributed by atoms with E-state index in [9.17, 15) is 4.79 Å².